The minimum absolute atomic E-state index is 0.140. The minimum Gasteiger partial charge on any atom is -0.760 e. The van der Waals surface area contributed by atoms with Gasteiger partial charge in [-0.05, 0) is 44.3 Å². The first-order valence-corrected chi connectivity index (χ1v) is 14.2. The average molecular weight is 507 g/mol. The predicted molar refractivity (Wildman–Crippen MR) is 116 cm³/mol. The summed E-state index contributed by atoms with van der Waals surface area (Å²) in [6, 6.07) is 5.16. The number of halogens is 1. The minimum atomic E-state index is -2.35. The van der Waals surface area contributed by atoms with Gasteiger partial charge in [0, 0.05) is 17.8 Å². The topological polar surface area (TPSA) is 113 Å². The number of ether oxygens (including phenoxy) is 2. The van der Waals surface area contributed by atoms with Gasteiger partial charge in [-0.3, -0.25) is 4.21 Å². The molecule has 2 unspecified atom stereocenters. The smallest absolute Gasteiger partial charge is 0.242 e. The molecule has 11 heteroatoms. The van der Waals surface area contributed by atoms with Gasteiger partial charge in [0.2, 0.25) is 14.1 Å². The Bertz CT molecular complexity index is 869. The van der Waals surface area contributed by atoms with Gasteiger partial charge in [0.25, 0.3) is 0 Å². The van der Waals surface area contributed by atoms with Gasteiger partial charge in [0.05, 0.1) is 24.6 Å². The number of methoxy groups -OCH3 is 2. The Balaban J connectivity index is 2.53. The summed E-state index contributed by atoms with van der Waals surface area (Å²) < 4.78 is 46.5. The van der Waals surface area contributed by atoms with E-state index in [0.717, 1.165) is 0 Å². The number of alkyl halides is 1. The van der Waals surface area contributed by atoms with E-state index in [1.54, 1.807) is 25.3 Å². The fraction of sp³-hybridized carbons (Fsp3) is 0.444. The molecule has 162 valence electrons. The predicted octanol–water partition coefficient (Wildman–Crippen LogP) is 4.09. The summed E-state index contributed by atoms with van der Waals surface area (Å²) in [4.78, 5) is -0.388. The van der Waals surface area contributed by atoms with Gasteiger partial charge in [0.15, 0.2) is 17.3 Å². The molecule has 8 nitrogen and oxygen atoms in total. The Morgan fingerprint density at radius 1 is 1.31 bits per heavy atom. The van der Waals surface area contributed by atoms with E-state index < -0.39 is 19.6 Å². The van der Waals surface area contributed by atoms with Crippen LogP contribution >= 0.6 is 15.9 Å². The van der Waals surface area contributed by atoms with Crippen LogP contribution < -0.4 is 18.6 Å². The van der Waals surface area contributed by atoms with Crippen molar-refractivity contribution in [3.63, 3.8) is 0 Å². The van der Waals surface area contributed by atoms with Gasteiger partial charge in [-0.2, -0.15) is 0 Å². The summed E-state index contributed by atoms with van der Waals surface area (Å²) in [7, 11) is 0.969. The highest BCUT2D eigenvalue weighted by Gasteiger charge is 2.31. The molecule has 1 aromatic heterocycles. The van der Waals surface area contributed by atoms with E-state index in [0.29, 0.717) is 29.2 Å². The molecule has 1 heterocycles. The third kappa shape index (κ3) is 6.22. The number of rotatable bonds is 10. The van der Waals surface area contributed by atoms with E-state index >= 15 is 0 Å². The maximum absolute atomic E-state index is 10.9. The van der Waals surface area contributed by atoms with Gasteiger partial charge in [0.1, 0.15) is 11.5 Å². The van der Waals surface area contributed by atoms with Crippen LogP contribution in [0.3, 0.4) is 0 Å². The maximum atomic E-state index is 10.9. The number of aromatic hydroxyl groups is 1. The summed E-state index contributed by atoms with van der Waals surface area (Å²) in [5, 5.41) is 10.9. The molecule has 2 aromatic rings. The van der Waals surface area contributed by atoms with Crippen LogP contribution in [0.2, 0.25) is 19.6 Å². The van der Waals surface area contributed by atoms with Crippen LogP contribution in [0.15, 0.2) is 22.6 Å². The zero-order chi connectivity index (χ0) is 21.8. The molecular formula is C18H25BrNO7SSi-. The molecule has 0 aliphatic rings. The second-order valence-corrected chi connectivity index (χ2v) is 13.4. The Labute approximate surface area is 182 Å². The summed E-state index contributed by atoms with van der Waals surface area (Å²) in [5.41, 5.74) is 0.509. The first-order chi connectivity index (χ1) is 13.6. The Morgan fingerprint density at radius 2 is 2.00 bits per heavy atom. The van der Waals surface area contributed by atoms with Crippen molar-refractivity contribution in [2.45, 2.75) is 30.9 Å². The molecule has 0 spiro atoms. The van der Waals surface area contributed by atoms with Gasteiger partial charge in [-0.25, -0.2) is 4.72 Å². The van der Waals surface area contributed by atoms with Crippen molar-refractivity contribution in [3.05, 3.63) is 24.0 Å². The van der Waals surface area contributed by atoms with E-state index in [-0.39, 0.29) is 28.6 Å². The summed E-state index contributed by atoms with van der Waals surface area (Å²) in [5.74, 6) is 1.74. The lowest BCUT2D eigenvalue weighted by atomic mass is 10.1. The van der Waals surface area contributed by atoms with Crippen molar-refractivity contribution in [3.8, 4) is 34.3 Å². The number of furan rings is 1. The second kappa shape index (κ2) is 9.98. The quantitative estimate of drug-likeness (QED) is 0.283. The molecule has 0 aliphatic heterocycles. The Morgan fingerprint density at radius 3 is 2.55 bits per heavy atom. The summed E-state index contributed by atoms with van der Waals surface area (Å²) >= 11 is 1.16. The number of hydrogen-bond donors (Lipinski definition) is 2. The Kier molecular flexibility index (Phi) is 8.17. The highest BCUT2D eigenvalue weighted by atomic mass is 79.9. The third-order valence-electron chi connectivity index (χ3n) is 3.83. The van der Waals surface area contributed by atoms with E-state index in [1.807, 2.05) is 19.6 Å². The van der Waals surface area contributed by atoms with Crippen molar-refractivity contribution < 1.29 is 32.2 Å². The van der Waals surface area contributed by atoms with Crippen molar-refractivity contribution in [2.75, 3.05) is 20.8 Å². The fourth-order valence-electron chi connectivity index (χ4n) is 2.61. The molecule has 0 amide bonds. The highest BCUT2D eigenvalue weighted by Crippen LogP contribution is 2.50. The van der Waals surface area contributed by atoms with Crippen molar-refractivity contribution in [1.82, 2.24) is 4.72 Å². The highest BCUT2D eigenvalue weighted by molar-refractivity contribution is 9.09. The number of nitrogens with one attached hydrogen (secondary N) is 1. The average Bonchev–Trinajstić information content (AvgIpc) is 2.95. The molecule has 2 atom stereocenters. The van der Waals surface area contributed by atoms with Crippen LogP contribution in [0.1, 0.15) is 17.0 Å². The monoisotopic (exact) mass is 506 g/mol. The molecule has 0 bridgehead atoms. The summed E-state index contributed by atoms with van der Waals surface area (Å²) in [6.07, 6.45) is 0.387. The van der Waals surface area contributed by atoms with Gasteiger partial charge in [-0.15, -0.1) is 0 Å². The lowest BCUT2D eigenvalue weighted by molar-refractivity contribution is 0.401. The first-order valence-electron chi connectivity index (χ1n) is 8.81. The SMILES string of the molecule is COc1ccc(OC)c(-c2oc(C(Br)CCNS(=O)[O-])c(O[Si](C)(C)C)c2O)c1. The van der Waals surface area contributed by atoms with Crippen LogP contribution in [-0.2, 0) is 11.3 Å². The fourth-order valence-corrected chi connectivity index (χ4v) is 4.23. The molecular weight excluding hydrogens is 482 g/mol. The molecule has 2 N–H and O–H groups in total. The molecule has 0 fully saturated rings. The second-order valence-electron chi connectivity index (χ2n) is 7.14. The molecule has 0 saturated carbocycles. The van der Waals surface area contributed by atoms with Crippen LogP contribution in [0.4, 0.5) is 0 Å². The van der Waals surface area contributed by atoms with Crippen LogP contribution in [0, 0.1) is 0 Å². The molecule has 0 aliphatic carbocycles. The van der Waals surface area contributed by atoms with Crippen LogP contribution in [0.25, 0.3) is 11.3 Å². The van der Waals surface area contributed by atoms with Crippen LogP contribution in [-0.4, -0.2) is 42.9 Å². The number of hydrogen-bond acceptors (Lipinski definition) is 7. The maximum Gasteiger partial charge on any atom is 0.242 e. The standard InChI is InChI=1S/C18H26BrNO7SSi/c1-24-11-6-7-14(25-2)12(10-11)16-15(21)18(27-29(3,4)5)17(26-16)13(19)8-9-20-28(22)23/h6-7,10,13,20-21H,8-9H2,1-5H3,(H,22,23)/p-1. The molecule has 29 heavy (non-hydrogen) atoms. The van der Waals surface area contributed by atoms with Gasteiger partial charge in [-0.1, -0.05) is 15.9 Å². The van der Waals surface area contributed by atoms with Gasteiger partial charge < -0.3 is 28.0 Å². The molecule has 0 saturated heterocycles. The normalized spacial score (nSPS) is 13.8. The van der Waals surface area contributed by atoms with E-state index in [2.05, 4.69) is 20.7 Å². The van der Waals surface area contributed by atoms with E-state index in [9.17, 15) is 13.9 Å². The van der Waals surface area contributed by atoms with Crippen molar-refractivity contribution >= 4 is 35.5 Å². The van der Waals surface area contributed by atoms with Crippen molar-refractivity contribution in [2.24, 2.45) is 0 Å². The molecule has 1 aromatic carbocycles. The third-order valence-corrected chi connectivity index (χ3v) is 5.96. The molecule has 0 radical (unpaired) electrons. The zero-order valence-corrected chi connectivity index (χ0v) is 20.3. The molecule has 2 rings (SSSR count). The number of benzene rings is 1. The Hall–Kier alpha value is -1.53. The van der Waals surface area contributed by atoms with Crippen molar-refractivity contribution in [1.29, 1.82) is 0 Å². The van der Waals surface area contributed by atoms with Gasteiger partial charge >= 0.3 is 0 Å². The van der Waals surface area contributed by atoms with E-state index in [1.165, 1.54) is 7.11 Å². The van der Waals surface area contributed by atoms with Crippen LogP contribution in [0.5, 0.6) is 23.0 Å². The van der Waals surface area contributed by atoms with E-state index in [4.69, 9.17) is 18.3 Å². The lowest BCUT2D eigenvalue weighted by Gasteiger charge is -2.20. The lowest BCUT2D eigenvalue weighted by Crippen LogP contribution is -2.29. The first kappa shape index (κ1) is 23.7. The summed E-state index contributed by atoms with van der Waals surface area (Å²) in [6.45, 7) is 6.15. The zero-order valence-electron chi connectivity index (χ0n) is 16.9. The largest absolute Gasteiger partial charge is 0.760 e.